The van der Waals surface area contributed by atoms with Crippen LogP contribution >= 0.6 is 0 Å². The van der Waals surface area contributed by atoms with E-state index in [0.717, 1.165) is 12.8 Å². The molecule has 1 fully saturated rings. The topological polar surface area (TPSA) is 86.6 Å². The normalized spacial score (nSPS) is 24.6. The van der Waals surface area contributed by atoms with Crippen LogP contribution in [0.15, 0.2) is 0 Å². The monoisotopic (exact) mass is 257 g/mol. The Morgan fingerprint density at radius 1 is 1.22 bits per heavy atom. The zero-order chi connectivity index (χ0) is 13.8. The molecule has 104 valence electrons. The Morgan fingerprint density at radius 3 is 2.28 bits per heavy atom. The highest BCUT2D eigenvalue weighted by Gasteiger charge is 2.36. The van der Waals surface area contributed by atoms with Gasteiger partial charge in [-0.3, -0.25) is 9.59 Å². The predicted molar refractivity (Wildman–Crippen MR) is 67.0 cm³/mol. The van der Waals surface area contributed by atoms with Crippen LogP contribution in [0.2, 0.25) is 0 Å². The molecule has 0 bridgehead atoms. The van der Waals surface area contributed by atoms with Crippen molar-refractivity contribution in [3.05, 3.63) is 0 Å². The van der Waals surface area contributed by atoms with Crippen molar-refractivity contribution < 1.29 is 19.8 Å². The predicted octanol–water partition coefficient (Wildman–Crippen LogP) is 1.01. The summed E-state index contributed by atoms with van der Waals surface area (Å²) < 4.78 is 0. The average molecular weight is 257 g/mol. The van der Waals surface area contributed by atoms with Gasteiger partial charge in [0.1, 0.15) is 0 Å². The lowest BCUT2D eigenvalue weighted by atomic mass is 9.78. The Hall–Kier alpha value is -1.10. The van der Waals surface area contributed by atoms with Crippen molar-refractivity contribution in [2.75, 3.05) is 13.2 Å². The molecule has 0 heterocycles. The molecule has 1 saturated carbocycles. The number of hydrogen-bond donors (Lipinski definition) is 3. The van der Waals surface area contributed by atoms with Gasteiger partial charge < -0.3 is 15.5 Å². The fourth-order valence-electron chi connectivity index (χ4n) is 2.25. The first-order valence-corrected chi connectivity index (χ1v) is 6.49. The molecule has 5 heteroatoms. The van der Waals surface area contributed by atoms with Gasteiger partial charge in [0.15, 0.2) is 0 Å². The molecular weight excluding hydrogens is 234 g/mol. The van der Waals surface area contributed by atoms with E-state index in [1.165, 1.54) is 0 Å². The third-order valence-electron chi connectivity index (χ3n) is 3.59. The maximum absolute atomic E-state index is 12.0. The third kappa shape index (κ3) is 3.98. The minimum Gasteiger partial charge on any atom is -0.481 e. The summed E-state index contributed by atoms with van der Waals surface area (Å²) in [6.07, 6.45) is 3.01. The lowest BCUT2D eigenvalue weighted by Crippen LogP contribution is -2.43. The molecule has 0 aliphatic heterocycles. The van der Waals surface area contributed by atoms with Crippen LogP contribution in [0, 0.1) is 17.3 Å². The summed E-state index contributed by atoms with van der Waals surface area (Å²) in [7, 11) is 0. The van der Waals surface area contributed by atoms with E-state index < -0.39 is 17.8 Å². The molecule has 0 aromatic heterocycles. The van der Waals surface area contributed by atoms with Crippen molar-refractivity contribution >= 4 is 11.9 Å². The largest absolute Gasteiger partial charge is 0.481 e. The van der Waals surface area contributed by atoms with Gasteiger partial charge in [-0.05, 0) is 12.8 Å². The number of carboxylic acid groups (broad SMARTS) is 1. The van der Waals surface area contributed by atoms with E-state index in [2.05, 4.69) is 5.32 Å². The Balaban J connectivity index is 2.56. The van der Waals surface area contributed by atoms with Gasteiger partial charge in [-0.2, -0.15) is 0 Å². The minimum absolute atomic E-state index is 0.0136. The van der Waals surface area contributed by atoms with E-state index >= 15 is 0 Å². The highest BCUT2D eigenvalue weighted by Crippen LogP contribution is 2.30. The van der Waals surface area contributed by atoms with Crippen LogP contribution in [0.5, 0.6) is 0 Å². The number of aliphatic hydroxyl groups is 1. The zero-order valence-corrected chi connectivity index (χ0v) is 11.1. The van der Waals surface area contributed by atoms with Gasteiger partial charge >= 0.3 is 5.97 Å². The molecule has 2 unspecified atom stereocenters. The standard InChI is InChI=1S/C13H23NO4/c1-13(2,8-15)7-14-11(16)9-5-3-4-6-10(9)12(17)18/h9-10,15H,3-8H2,1-2H3,(H,14,16)(H,17,18). The summed E-state index contributed by atoms with van der Waals surface area (Å²) in [5.41, 5.74) is -0.372. The van der Waals surface area contributed by atoms with Gasteiger partial charge in [0.25, 0.3) is 0 Å². The number of hydrogen-bond acceptors (Lipinski definition) is 3. The fourth-order valence-corrected chi connectivity index (χ4v) is 2.25. The van der Waals surface area contributed by atoms with Crippen LogP contribution < -0.4 is 5.32 Å². The number of carbonyl (C=O) groups excluding carboxylic acids is 1. The van der Waals surface area contributed by atoms with Crippen molar-refractivity contribution in [2.45, 2.75) is 39.5 Å². The summed E-state index contributed by atoms with van der Waals surface area (Å²) in [5, 5.41) is 21.0. The van der Waals surface area contributed by atoms with Crippen LogP contribution in [0.25, 0.3) is 0 Å². The van der Waals surface area contributed by atoms with E-state index in [0.29, 0.717) is 19.4 Å². The Kier molecular flexibility index (Phi) is 5.14. The summed E-state index contributed by atoms with van der Waals surface area (Å²) in [6, 6.07) is 0. The Morgan fingerprint density at radius 2 is 1.78 bits per heavy atom. The highest BCUT2D eigenvalue weighted by atomic mass is 16.4. The van der Waals surface area contributed by atoms with Crippen molar-refractivity contribution in [3.8, 4) is 0 Å². The first-order chi connectivity index (χ1) is 8.37. The van der Waals surface area contributed by atoms with E-state index in [1.807, 2.05) is 13.8 Å². The quantitative estimate of drug-likeness (QED) is 0.686. The first kappa shape index (κ1) is 15.0. The zero-order valence-electron chi connectivity index (χ0n) is 11.1. The van der Waals surface area contributed by atoms with Gasteiger partial charge in [0, 0.05) is 18.6 Å². The van der Waals surface area contributed by atoms with Gasteiger partial charge in [0.05, 0.1) is 11.8 Å². The average Bonchev–Trinajstić information content (AvgIpc) is 2.36. The highest BCUT2D eigenvalue weighted by molar-refractivity contribution is 5.84. The molecular formula is C13H23NO4. The number of carboxylic acids is 1. The van der Waals surface area contributed by atoms with Crippen LogP contribution in [-0.4, -0.2) is 35.2 Å². The van der Waals surface area contributed by atoms with E-state index in [1.54, 1.807) is 0 Å². The number of rotatable bonds is 5. The van der Waals surface area contributed by atoms with Crippen molar-refractivity contribution in [2.24, 2.45) is 17.3 Å². The first-order valence-electron chi connectivity index (χ1n) is 6.49. The Bertz CT molecular complexity index is 314. The number of nitrogens with one attached hydrogen (secondary N) is 1. The Labute approximate surface area is 108 Å². The molecule has 5 nitrogen and oxygen atoms in total. The van der Waals surface area contributed by atoms with Gasteiger partial charge in [-0.15, -0.1) is 0 Å². The maximum atomic E-state index is 12.0. The van der Waals surface area contributed by atoms with Crippen LogP contribution in [-0.2, 0) is 9.59 Å². The van der Waals surface area contributed by atoms with E-state index in [4.69, 9.17) is 10.2 Å². The lowest BCUT2D eigenvalue weighted by molar-refractivity contribution is -0.149. The molecule has 0 radical (unpaired) electrons. The van der Waals surface area contributed by atoms with Crippen molar-refractivity contribution in [1.82, 2.24) is 5.32 Å². The molecule has 0 spiro atoms. The molecule has 18 heavy (non-hydrogen) atoms. The molecule has 1 rings (SSSR count). The fraction of sp³-hybridized carbons (Fsp3) is 0.846. The summed E-state index contributed by atoms with van der Waals surface area (Å²) in [4.78, 5) is 23.1. The molecule has 0 aromatic rings. The number of aliphatic hydroxyl groups excluding tert-OH is 1. The number of amides is 1. The third-order valence-corrected chi connectivity index (χ3v) is 3.59. The lowest BCUT2D eigenvalue weighted by Gasteiger charge is -2.29. The number of carbonyl (C=O) groups is 2. The molecule has 1 aliphatic rings. The molecule has 2 atom stereocenters. The molecule has 1 amide bonds. The van der Waals surface area contributed by atoms with Crippen LogP contribution in [0.4, 0.5) is 0 Å². The number of aliphatic carboxylic acids is 1. The second-order valence-corrected chi connectivity index (χ2v) is 5.88. The summed E-state index contributed by atoms with van der Waals surface area (Å²) in [5.74, 6) is -2.05. The van der Waals surface area contributed by atoms with Crippen LogP contribution in [0.1, 0.15) is 39.5 Å². The SMILES string of the molecule is CC(C)(CO)CNC(=O)C1CCCCC1C(=O)O. The minimum atomic E-state index is -0.878. The maximum Gasteiger partial charge on any atom is 0.307 e. The molecule has 0 aromatic carbocycles. The summed E-state index contributed by atoms with van der Waals surface area (Å²) >= 11 is 0. The second-order valence-electron chi connectivity index (χ2n) is 5.88. The molecule has 3 N–H and O–H groups in total. The van der Waals surface area contributed by atoms with Gasteiger partial charge in [-0.25, -0.2) is 0 Å². The molecule has 0 saturated heterocycles. The summed E-state index contributed by atoms with van der Waals surface area (Å²) in [6.45, 7) is 4.05. The molecule has 1 aliphatic carbocycles. The second kappa shape index (κ2) is 6.18. The van der Waals surface area contributed by atoms with Gasteiger partial charge in [-0.1, -0.05) is 26.7 Å². The smallest absolute Gasteiger partial charge is 0.307 e. The van der Waals surface area contributed by atoms with E-state index in [-0.39, 0.29) is 17.9 Å². The van der Waals surface area contributed by atoms with Gasteiger partial charge in [0.2, 0.25) is 5.91 Å². The van der Waals surface area contributed by atoms with Crippen molar-refractivity contribution in [1.29, 1.82) is 0 Å². The van der Waals surface area contributed by atoms with E-state index in [9.17, 15) is 9.59 Å². The van der Waals surface area contributed by atoms with Crippen molar-refractivity contribution in [3.63, 3.8) is 0 Å². The van der Waals surface area contributed by atoms with Crippen LogP contribution in [0.3, 0.4) is 0 Å².